The molecule has 14 nitrogen and oxygen atoms in total. The van der Waals surface area contributed by atoms with E-state index in [1.54, 1.807) is 50.2 Å². The van der Waals surface area contributed by atoms with Gasteiger partial charge in [-0.05, 0) is 56.3 Å². The maximum absolute atomic E-state index is 13.6. The molecule has 0 unspecified atom stereocenters. The molecule has 0 saturated carbocycles. The van der Waals surface area contributed by atoms with Crippen LogP contribution in [-0.2, 0) is 9.47 Å². The molecule has 0 spiro atoms. The molecule has 0 atom stereocenters. The van der Waals surface area contributed by atoms with E-state index in [1.807, 2.05) is 0 Å². The van der Waals surface area contributed by atoms with Crippen LogP contribution in [0.1, 0.15) is 34.6 Å². The van der Waals surface area contributed by atoms with E-state index in [9.17, 15) is 33.0 Å². The smallest absolute Gasteiger partial charge is 0.345 e. The van der Waals surface area contributed by atoms with Gasteiger partial charge in [0, 0.05) is 17.2 Å². The number of rotatable bonds is 10. The SMILES string of the molecule is CCOC(=O)c1cnn(-c2cccc(-c3cc(F)cc(F)c3O)n2)c1OC.CCOC(=O)c1cnn(-c2cccc(-c3cccc(F)c3O)n2)c1OC. The predicted octanol–water partition coefficient (Wildman–Crippen LogP) is 6.07. The Labute approximate surface area is 299 Å². The van der Waals surface area contributed by atoms with Crippen LogP contribution in [0.4, 0.5) is 13.2 Å². The van der Waals surface area contributed by atoms with E-state index >= 15 is 0 Å². The number of aromatic hydroxyl groups is 2. The number of halogens is 3. The van der Waals surface area contributed by atoms with E-state index in [-0.39, 0.29) is 58.7 Å². The summed E-state index contributed by atoms with van der Waals surface area (Å²) in [7, 11) is 2.76. The molecule has 53 heavy (non-hydrogen) atoms. The van der Waals surface area contributed by atoms with Gasteiger partial charge in [-0.1, -0.05) is 18.2 Å². The summed E-state index contributed by atoms with van der Waals surface area (Å²) in [6.45, 7) is 3.78. The third-order valence-corrected chi connectivity index (χ3v) is 7.30. The highest BCUT2D eigenvalue weighted by atomic mass is 19.1. The van der Waals surface area contributed by atoms with Gasteiger partial charge in [-0.15, -0.1) is 0 Å². The Hall–Kier alpha value is -6.91. The van der Waals surface area contributed by atoms with Crippen LogP contribution in [0.3, 0.4) is 0 Å². The zero-order valence-electron chi connectivity index (χ0n) is 28.6. The van der Waals surface area contributed by atoms with Crippen LogP contribution in [0, 0.1) is 17.5 Å². The van der Waals surface area contributed by atoms with Crippen molar-refractivity contribution < 1.29 is 51.9 Å². The van der Waals surface area contributed by atoms with Crippen molar-refractivity contribution >= 4 is 11.9 Å². The van der Waals surface area contributed by atoms with Gasteiger partial charge in [0.1, 0.15) is 16.9 Å². The number of hydrogen-bond donors (Lipinski definition) is 2. The van der Waals surface area contributed by atoms with Crippen molar-refractivity contribution in [3.8, 4) is 57.4 Å². The van der Waals surface area contributed by atoms with Gasteiger partial charge in [-0.2, -0.15) is 19.6 Å². The minimum absolute atomic E-state index is 0.0905. The van der Waals surface area contributed by atoms with Crippen LogP contribution in [0.25, 0.3) is 34.2 Å². The van der Waals surface area contributed by atoms with E-state index in [1.165, 1.54) is 48.1 Å². The second-order valence-corrected chi connectivity index (χ2v) is 10.6. The van der Waals surface area contributed by atoms with Gasteiger partial charge in [0.25, 0.3) is 0 Å². The lowest BCUT2D eigenvalue weighted by molar-refractivity contribution is 0.0512. The number of para-hydroxylation sites is 1. The number of pyridine rings is 2. The second-order valence-electron chi connectivity index (χ2n) is 10.6. The highest BCUT2D eigenvalue weighted by molar-refractivity contribution is 5.92. The summed E-state index contributed by atoms with van der Waals surface area (Å²) in [4.78, 5) is 32.6. The molecule has 0 aliphatic heterocycles. The average Bonchev–Trinajstić information content (AvgIpc) is 3.80. The lowest BCUT2D eigenvalue weighted by atomic mass is 10.1. The number of benzene rings is 2. The molecule has 0 aliphatic carbocycles. The van der Waals surface area contributed by atoms with Gasteiger partial charge >= 0.3 is 11.9 Å². The van der Waals surface area contributed by atoms with E-state index in [0.29, 0.717) is 17.6 Å². The van der Waals surface area contributed by atoms with Crippen LogP contribution in [0.15, 0.2) is 79.1 Å². The van der Waals surface area contributed by atoms with Crippen molar-refractivity contribution in [2.24, 2.45) is 0 Å². The van der Waals surface area contributed by atoms with Crippen LogP contribution >= 0.6 is 0 Å². The molecule has 17 heteroatoms. The number of phenols is 2. The number of hydrogen-bond acceptors (Lipinski definition) is 12. The van der Waals surface area contributed by atoms with Crippen LogP contribution < -0.4 is 9.47 Å². The van der Waals surface area contributed by atoms with Crippen molar-refractivity contribution in [1.29, 1.82) is 0 Å². The number of carbonyl (C=O) groups is 2. The topological polar surface area (TPSA) is 173 Å². The van der Waals surface area contributed by atoms with Gasteiger partial charge in [0.15, 0.2) is 34.8 Å². The molecule has 2 aromatic carbocycles. The van der Waals surface area contributed by atoms with Gasteiger partial charge in [-0.25, -0.2) is 32.7 Å². The Bertz CT molecular complexity index is 2280. The zero-order valence-corrected chi connectivity index (χ0v) is 28.6. The summed E-state index contributed by atoms with van der Waals surface area (Å²) in [5.74, 6) is -4.27. The first kappa shape index (κ1) is 37.3. The van der Waals surface area contributed by atoms with E-state index < -0.39 is 40.9 Å². The highest BCUT2D eigenvalue weighted by Gasteiger charge is 2.23. The molecule has 6 rings (SSSR count). The molecule has 6 aromatic rings. The molecule has 0 fully saturated rings. The Kier molecular flexibility index (Phi) is 11.6. The number of carbonyl (C=O) groups excluding carboxylic acids is 2. The summed E-state index contributed by atoms with van der Waals surface area (Å²) in [5.41, 5.74) is 0.837. The molecular formula is C36H31F3N6O8. The van der Waals surface area contributed by atoms with E-state index in [4.69, 9.17) is 18.9 Å². The number of ether oxygens (including phenoxy) is 4. The summed E-state index contributed by atoms with van der Waals surface area (Å²) in [6.07, 6.45) is 2.59. The second kappa shape index (κ2) is 16.4. The first-order chi connectivity index (χ1) is 25.5. The van der Waals surface area contributed by atoms with Crippen molar-refractivity contribution in [3.05, 3.63) is 108 Å². The molecular weight excluding hydrogens is 701 g/mol. The maximum Gasteiger partial charge on any atom is 0.345 e. The molecule has 0 amide bonds. The average molecular weight is 733 g/mol. The molecule has 0 aliphatic rings. The van der Waals surface area contributed by atoms with E-state index in [2.05, 4.69) is 20.2 Å². The fraction of sp³-hybridized carbons (Fsp3) is 0.167. The Morgan fingerprint density at radius 3 is 1.62 bits per heavy atom. The van der Waals surface area contributed by atoms with Gasteiger partial charge in [0.05, 0.1) is 51.2 Å². The molecule has 0 bridgehead atoms. The lowest BCUT2D eigenvalue weighted by Gasteiger charge is -2.10. The summed E-state index contributed by atoms with van der Waals surface area (Å²) in [5, 5.41) is 28.0. The molecule has 0 radical (unpaired) electrons. The van der Waals surface area contributed by atoms with E-state index in [0.717, 1.165) is 12.1 Å². The van der Waals surface area contributed by atoms with Crippen molar-refractivity contribution in [2.45, 2.75) is 13.8 Å². The minimum Gasteiger partial charge on any atom is -0.504 e. The van der Waals surface area contributed by atoms with Gasteiger partial charge < -0.3 is 29.2 Å². The molecule has 0 saturated heterocycles. The fourth-order valence-corrected chi connectivity index (χ4v) is 4.96. The summed E-state index contributed by atoms with van der Waals surface area (Å²) in [6, 6.07) is 15.3. The van der Waals surface area contributed by atoms with Crippen molar-refractivity contribution in [2.75, 3.05) is 27.4 Å². The fourth-order valence-electron chi connectivity index (χ4n) is 4.96. The molecule has 274 valence electrons. The standard InChI is InChI=1S/C18H15F2N3O4.C18H16FN3O4/c1-3-27-18(25)12-9-21-23(17(12)26-2)15-6-4-5-14(22-15)11-7-10(19)8-13(20)16(11)24;1-3-26-18(24)12-10-20-22(17(12)25-2)15-9-5-8-14(21-15)11-6-4-7-13(19)16(11)23/h4-9,24H,3H2,1-2H3;4-10,23H,3H2,1-2H3. The Morgan fingerprint density at radius 2 is 1.13 bits per heavy atom. The van der Waals surface area contributed by atoms with Gasteiger partial charge in [0.2, 0.25) is 11.8 Å². The number of phenolic OH excluding ortho intramolecular Hbond substituents is 2. The largest absolute Gasteiger partial charge is 0.504 e. The Balaban J connectivity index is 0.000000204. The first-order valence-electron chi connectivity index (χ1n) is 15.7. The predicted molar refractivity (Wildman–Crippen MR) is 182 cm³/mol. The van der Waals surface area contributed by atoms with Crippen molar-refractivity contribution in [3.63, 3.8) is 0 Å². The van der Waals surface area contributed by atoms with Crippen LogP contribution in [0.5, 0.6) is 23.3 Å². The monoisotopic (exact) mass is 732 g/mol. The number of esters is 2. The van der Waals surface area contributed by atoms with Gasteiger partial charge in [-0.3, -0.25) is 0 Å². The number of methoxy groups -OCH3 is 2. The third-order valence-electron chi connectivity index (χ3n) is 7.30. The first-order valence-corrected chi connectivity index (χ1v) is 15.7. The highest BCUT2D eigenvalue weighted by Crippen LogP contribution is 2.33. The molecule has 4 heterocycles. The zero-order chi connectivity index (χ0) is 38.2. The normalized spacial score (nSPS) is 10.6. The Morgan fingerprint density at radius 1 is 0.660 bits per heavy atom. The maximum atomic E-state index is 13.6. The van der Waals surface area contributed by atoms with Crippen molar-refractivity contribution in [1.82, 2.24) is 29.5 Å². The summed E-state index contributed by atoms with van der Waals surface area (Å²) >= 11 is 0. The third kappa shape index (κ3) is 7.88. The number of nitrogens with zero attached hydrogens (tertiary/aromatic N) is 6. The molecule has 2 N–H and O–H groups in total. The minimum atomic E-state index is -1.10. The lowest BCUT2D eigenvalue weighted by Crippen LogP contribution is -2.08. The number of aromatic nitrogens is 6. The summed E-state index contributed by atoms with van der Waals surface area (Å²) < 4.78 is 63.8. The quantitative estimate of drug-likeness (QED) is 0.156. The van der Waals surface area contributed by atoms with Crippen LogP contribution in [0.2, 0.25) is 0 Å². The van der Waals surface area contributed by atoms with Crippen LogP contribution in [-0.4, -0.2) is 79.1 Å². The molecule has 4 aromatic heterocycles.